The van der Waals surface area contributed by atoms with Crippen LogP contribution in [0.25, 0.3) is 0 Å². The van der Waals surface area contributed by atoms with Gasteiger partial charge in [-0.15, -0.1) is 0 Å². The quantitative estimate of drug-likeness (QED) is 0.918. The number of rotatable bonds is 3. The number of carbonyl (C=O) groups is 1. The zero-order valence-electron chi connectivity index (χ0n) is 10.4. The van der Waals surface area contributed by atoms with Crippen LogP contribution in [0.4, 0.5) is 5.69 Å². The summed E-state index contributed by atoms with van der Waals surface area (Å²) in [7, 11) is 0. The van der Waals surface area contributed by atoms with Crippen LogP contribution in [0.5, 0.6) is 0 Å². The van der Waals surface area contributed by atoms with Gasteiger partial charge in [-0.05, 0) is 49.7 Å². The molecule has 18 heavy (non-hydrogen) atoms. The van der Waals surface area contributed by atoms with Gasteiger partial charge in [0.2, 0.25) is 0 Å². The molecule has 0 fully saturated rings. The van der Waals surface area contributed by atoms with Crippen molar-refractivity contribution < 1.29 is 4.79 Å². The summed E-state index contributed by atoms with van der Waals surface area (Å²) in [6.07, 6.45) is 1.91. The van der Waals surface area contributed by atoms with E-state index < -0.39 is 0 Å². The maximum atomic E-state index is 12.1. The summed E-state index contributed by atoms with van der Waals surface area (Å²) in [6, 6.07) is 9.51. The molecule has 0 aliphatic rings. The molecule has 0 bridgehead atoms. The Morgan fingerprint density at radius 1 is 1.39 bits per heavy atom. The summed E-state index contributed by atoms with van der Waals surface area (Å²) in [5.74, 6) is -0.0766. The number of amides is 1. The number of nitrogens with zero attached hydrogens (tertiary/aromatic N) is 1. The molecule has 94 valence electrons. The largest absolute Gasteiger partial charge is 0.344 e. The van der Waals surface area contributed by atoms with Gasteiger partial charge in [0.1, 0.15) is 5.69 Å². The predicted molar refractivity (Wildman–Crippen MR) is 76.9 cm³/mol. The van der Waals surface area contributed by atoms with Crippen molar-refractivity contribution in [3.63, 3.8) is 0 Å². The lowest BCUT2D eigenvalue weighted by atomic mass is 10.2. The standard InChI is InChI=1S/C14H15BrN2O/c1-3-17-8-4-5-13(17)14(18)16-12-7-6-11(15)9-10(12)2/h4-9H,3H2,1-2H3,(H,16,18). The highest BCUT2D eigenvalue weighted by molar-refractivity contribution is 9.10. The molecule has 1 heterocycles. The molecule has 0 radical (unpaired) electrons. The van der Waals surface area contributed by atoms with Crippen LogP contribution < -0.4 is 5.32 Å². The lowest BCUT2D eigenvalue weighted by Gasteiger charge is -2.10. The van der Waals surface area contributed by atoms with Crippen molar-refractivity contribution in [1.82, 2.24) is 4.57 Å². The van der Waals surface area contributed by atoms with Crippen LogP contribution >= 0.6 is 15.9 Å². The van der Waals surface area contributed by atoms with Crippen LogP contribution in [-0.4, -0.2) is 10.5 Å². The molecule has 0 atom stereocenters. The Kier molecular flexibility index (Phi) is 3.87. The molecule has 3 nitrogen and oxygen atoms in total. The van der Waals surface area contributed by atoms with E-state index in [1.807, 2.05) is 54.9 Å². The minimum atomic E-state index is -0.0766. The van der Waals surface area contributed by atoms with Gasteiger partial charge in [0.25, 0.3) is 5.91 Å². The first-order valence-corrected chi connectivity index (χ1v) is 6.63. The molecular formula is C14H15BrN2O. The van der Waals surface area contributed by atoms with Gasteiger partial charge in [-0.1, -0.05) is 15.9 Å². The second kappa shape index (κ2) is 5.40. The fraction of sp³-hybridized carbons (Fsp3) is 0.214. The first-order valence-electron chi connectivity index (χ1n) is 5.84. The van der Waals surface area contributed by atoms with Crippen LogP contribution in [0.15, 0.2) is 41.0 Å². The molecule has 2 rings (SSSR count). The number of nitrogens with one attached hydrogen (secondary N) is 1. The van der Waals surface area contributed by atoms with Crippen LogP contribution in [0, 0.1) is 6.92 Å². The summed E-state index contributed by atoms with van der Waals surface area (Å²) in [4.78, 5) is 12.1. The molecule has 1 aromatic carbocycles. The van der Waals surface area contributed by atoms with Crippen molar-refractivity contribution in [3.8, 4) is 0 Å². The van der Waals surface area contributed by atoms with E-state index in [4.69, 9.17) is 0 Å². The summed E-state index contributed by atoms with van der Waals surface area (Å²) < 4.78 is 2.93. The summed E-state index contributed by atoms with van der Waals surface area (Å²) in [6.45, 7) is 4.77. The van der Waals surface area contributed by atoms with Gasteiger partial charge in [-0.25, -0.2) is 0 Å². The van der Waals surface area contributed by atoms with Crippen molar-refractivity contribution in [3.05, 3.63) is 52.3 Å². The van der Waals surface area contributed by atoms with E-state index in [0.717, 1.165) is 22.3 Å². The maximum absolute atomic E-state index is 12.1. The van der Waals surface area contributed by atoms with Crippen molar-refractivity contribution in [2.24, 2.45) is 0 Å². The fourth-order valence-corrected chi connectivity index (χ4v) is 2.33. The molecule has 0 saturated carbocycles. The van der Waals surface area contributed by atoms with Gasteiger partial charge in [0.05, 0.1) is 0 Å². The highest BCUT2D eigenvalue weighted by Crippen LogP contribution is 2.20. The number of anilines is 1. The third kappa shape index (κ3) is 2.64. The number of halogens is 1. The van der Waals surface area contributed by atoms with E-state index in [2.05, 4.69) is 21.2 Å². The molecule has 2 aromatic rings. The van der Waals surface area contributed by atoms with Gasteiger partial charge in [-0.2, -0.15) is 0 Å². The zero-order chi connectivity index (χ0) is 13.1. The number of hydrogen-bond donors (Lipinski definition) is 1. The Bertz CT molecular complexity index is 575. The van der Waals surface area contributed by atoms with Gasteiger partial charge in [0.15, 0.2) is 0 Å². The molecule has 4 heteroatoms. The summed E-state index contributed by atoms with van der Waals surface area (Å²) in [5, 5.41) is 2.93. The Labute approximate surface area is 115 Å². The van der Waals surface area contributed by atoms with Crippen molar-refractivity contribution >= 4 is 27.5 Å². The van der Waals surface area contributed by atoms with Crippen molar-refractivity contribution in [2.75, 3.05) is 5.32 Å². The van der Waals surface area contributed by atoms with Gasteiger partial charge in [-0.3, -0.25) is 4.79 Å². The van der Waals surface area contributed by atoms with Gasteiger partial charge < -0.3 is 9.88 Å². The molecule has 1 N–H and O–H groups in total. The number of aromatic nitrogens is 1. The second-order valence-electron chi connectivity index (χ2n) is 4.09. The molecule has 1 amide bonds. The molecule has 0 saturated heterocycles. The third-order valence-electron chi connectivity index (χ3n) is 2.84. The predicted octanol–water partition coefficient (Wildman–Crippen LogP) is 3.83. The van der Waals surface area contributed by atoms with Gasteiger partial charge >= 0.3 is 0 Å². The maximum Gasteiger partial charge on any atom is 0.272 e. The van der Waals surface area contributed by atoms with E-state index in [9.17, 15) is 4.79 Å². The Morgan fingerprint density at radius 3 is 2.83 bits per heavy atom. The molecule has 0 aliphatic carbocycles. The monoisotopic (exact) mass is 306 g/mol. The fourth-order valence-electron chi connectivity index (χ4n) is 1.85. The summed E-state index contributed by atoms with van der Waals surface area (Å²) >= 11 is 3.41. The van der Waals surface area contributed by atoms with E-state index in [1.165, 1.54) is 0 Å². The van der Waals surface area contributed by atoms with E-state index >= 15 is 0 Å². The van der Waals surface area contributed by atoms with Crippen molar-refractivity contribution in [1.29, 1.82) is 0 Å². The van der Waals surface area contributed by atoms with E-state index in [-0.39, 0.29) is 5.91 Å². The van der Waals surface area contributed by atoms with E-state index in [1.54, 1.807) is 0 Å². The molecule has 1 aromatic heterocycles. The lowest BCUT2D eigenvalue weighted by molar-refractivity contribution is 0.101. The molecule has 0 spiro atoms. The molecule has 0 unspecified atom stereocenters. The zero-order valence-corrected chi connectivity index (χ0v) is 12.0. The summed E-state index contributed by atoms with van der Waals surface area (Å²) in [5.41, 5.74) is 2.55. The van der Waals surface area contributed by atoms with Crippen molar-refractivity contribution in [2.45, 2.75) is 20.4 Å². The number of hydrogen-bond acceptors (Lipinski definition) is 1. The molecule has 0 aliphatic heterocycles. The Balaban J connectivity index is 2.21. The smallest absolute Gasteiger partial charge is 0.272 e. The minimum absolute atomic E-state index is 0.0766. The van der Waals surface area contributed by atoms with Crippen LogP contribution in [0.1, 0.15) is 23.0 Å². The SMILES string of the molecule is CCn1cccc1C(=O)Nc1ccc(Br)cc1C. The van der Waals surface area contributed by atoms with Crippen LogP contribution in [-0.2, 0) is 6.54 Å². The number of aryl methyl sites for hydroxylation is 2. The highest BCUT2D eigenvalue weighted by atomic mass is 79.9. The highest BCUT2D eigenvalue weighted by Gasteiger charge is 2.11. The average Bonchev–Trinajstić information content (AvgIpc) is 2.81. The molecular weight excluding hydrogens is 292 g/mol. The Hall–Kier alpha value is -1.55. The minimum Gasteiger partial charge on any atom is -0.344 e. The first-order chi connectivity index (χ1) is 8.61. The van der Waals surface area contributed by atoms with Crippen LogP contribution in [0.3, 0.4) is 0 Å². The van der Waals surface area contributed by atoms with E-state index in [0.29, 0.717) is 5.69 Å². The third-order valence-corrected chi connectivity index (χ3v) is 3.33. The van der Waals surface area contributed by atoms with Gasteiger partial charge in [0, 0.05) is 22.9 Å². The second-order valence-corrected chi connectivity index (χ2v) is 5.01. The number of carbonyl (C=O) groups excluding carboxylic acids is 1. The first kappa shape index (κ1) is 12.9. The lowest BCUT2D eigenvalue weighted by Crippen LogP contribution is -2.16. The Morgan fingerprint density at radius 2 is 2.17 bits per heavy atom. The normalized spacial score (nSPS) is 10.4. The number of benzene rings is 1. The topological polar surface area (TPSA) is 34.0 Å². The average molecular weight is 307 g/mol. The van der Waals surface area contributed by atoms with Crippen LogP contribution in [0.2, 0.25) is 0 Å².